The van der Waals surface area contributed by atoms with Crippen LogP contribution in [0.25, 0.3) is 0 Å². The SMILES string of the molecule is CCOC(=O)[C@]1(CCOC)CCCN(Cc2ccc(C#CC(C)(C)O)s2)C1. The largest absolute Gasteiger partial charge is 0.466 e. The predicted molar refractivity (Wildman–Crippen MR) is 108 cm³/mol. The number of likely N-dealkylation sites (tertiary alicyclic amines) is 1. The Hall–Kier alpha value is -1.39. The summed E-state index contributed by atoms with van der Waals surface area (Å²) in [6.07, 6.45) is 2.50. The van der Waals surface area contributed by atoms with Crippen molar-refractivity contribution in [2.24, 2.45) is 5.41 Å². The second kappa shape index (κ2) is 9.70. The van der Waals surface area contributed by atoms with E-state index >= 15 is 0 Å². The highest BCUT2D eigenvalue weighted by Gasteiger charge is 2.43. The first-order valence-corrected chi connectivity index (χ1v) is 10.3. The first kappa shape index (κ1) is 21.9. The quantitative estimate of drug-likeness (QED) is 0.570. The molecule has 0 spiro atoms. The third-order valence-electron chi connectivity index (χ3n) is 4.68. The summed E-state index contributed by atoms with van der Waals surface area (Å²) < 4.78 is 10.6. The Bertz CT molecular complexity index is 682. The van der Waals surface area contributed by atoms with Crippen molar-refractivity contribution in [1.82, 2.24) is 4.90 Å². The van der Waals surface area contributed by atoms with Crippen molar-refractivity contribution in [3.63, 3.8) is 0 Å². The van der Waals surface area contributed by atoms with Crippen LogP contribution >= 0.6 is 11.3 Å². The number of methoxy groups -OCH3 is 1. The minimum Gasteiger partial charge on any atom is -0.466 e. The molecular weight excluding hydrogens is 362 g/mol. The summed E-state index contributed by atoms with van der Waals surface area (Å²) in [7, 11) is 1.67. The van der Waals surface area contributed by atoms with Gasteiger partial charge >= 0.3 is 5.97 Å². The molecule has 0 aliphatic carbocycles. The van der Waals surface area contributed by atoms with Crippen molar-refractivity contribution >= 4 is 17.3 Å². The van der Waals surface area contributed by atoms with Crippen LogP contribution in [0, 0.1) is 17.3 Å². The molecule has 1 aromatic rings. The Morgan fingerprint density at radius 2 is 2.22 bits per heavy atom. The Kier molecular flexibility index (Phi) is 7.87. The molecule has 0 radical (unpaired) electrons. The van der Waals surface area contributed by atoms with Gasteiger partial charge in [-0.15, -0.1) is 11.3 Å². The van der Waals surface area contributed by atoms with Gasteiger partial charge in [-0.05, 0) is 58.7 Å². The summed E-state index contributed by atoms with van der Waals surface area (Å²) in [5.74, 6) is 5.78. The van der Waals surface area contributed by atoms with E-state index in [-0.39, 0.29) is 5.97 Å². The van der Waals surface area contributed by atoms with Crippen molar-refractivity contribution in [2.45, 2.75) is 52.2 Å². The third kappa shape index (κ3) is 6.62. The highest BCUT2D eigenvalue weighted by Crippen LogP contribution is 2.36. The molecule has 2 rings (SSSR count). The van der Waals surface area contributed by atoms with Crippen LogP contribution in [-0.2, 0) is 20.8 Å². The standard InChI is InChI=1S/C21H31NO4S/c1-5-26-19(23)21(12-14-25-4)10-6-13-22(16-21)15-18-8-7-17(27-18)9-11-20(2,3)24/h7-8,24H,5-6,10,12-16H2,1-4H3/t21-/m0/s1. The minimum absolute atomic E-state index is 0.102. The van der Waals surface area contributed by atoms with Gasteiger partial charge in [0, 0.05) is 31.7 Å². The second-order valence-electron chi connectivity index (χ2n) is 7.63. The lowest BCUT2D eigenvalue weighted by Gasteiger charge is -2.40. The molecule has 0 bridgehead atoms. The summed E-state index contributed by atoms with van der Waals surface area (Å²) in [6.45, 7) is 8.63. The van der Waals surface area contributed by atoms with E-state index < -0.39 is 11.0 Å². The number of hydrogen-bond acceptors (Lipinski definition) is 6. The normalized spacial score (nSPS) is 20.8. The molecule has 1 aliphatic heterocycles. The zero-order valence-electron chi connectivity index (χ0n) is 16.8. The molecule has 0 aromatic carbocycles. The Labute approximate surface area is 166 Å². The molecule has 27 heavy (non-hydrogen) atoms. The van der Waals surface area contributed by atoms with Gasteiger partial charge < -0.3 is 14.6 Å². The zero-order valence-corrected chi connectivity index (χ0v) is 17.7. The lowest BCUT2D eigenvalue weighted by Crippen LogP contribution is -2.48. The fourth-order valence-electron chi connectivity index (χ4n) is 3.38. The number of carbonyl (C=O) groups is 1. The number of thiophene rings is 1. The molecule has 1 atom stereocenters. The van der Waals surface area contributed by atoms with E-state index in [1.165, 1.54) is 4.88 Å². The van der Waals surface area contributed by atoms with Crippen molar-refractivity contribution in [1.29, 1.82) is 0 Å². The maximum Gasteiger partial charge on any atom is 0.313 e. The molecule has 150 valence electrons. The summed E-state index contributed by atoms with van der Waals surface area (Å²) in [4.78, 5) is 17.1. The zero-order chi connectivity index (χ0) is 19.9. The van der Waals surface area contributed by atoms with Gasteiger partial charge in [-0.2, -0.15) is 0 Å². The van der Waals surface area contributed by atoms with Crippen LogP contribution in [0.2, 0.25) is 0 Å². The maximum absolute atomic E-state index is 12.7. The number of carbonyl (C=O) groups excluding carboxylic acids is 1. The van der Waals surface area contributed by atoms with Gasteiger partial charge in [0.05, 0.1) is 16.9 Å². The van der Waals surface area contributed by atoms with Gasteiger partial charge in [0.15, 0.2) is 0 Å². The molecular formula is C21H31NO4S. The molecule has 5 nitrogen and oxygen atoms in total. The summed E-state index contributed by atoms with van der Waals surface area (Å²) in [5, 5.41) is 9.74. The number of esters is 1. The summed E-state index contributed by atoms with van der Waals surface area (Å²) in [5.41, 5.74) is -1.47. The van der Waals surface area contributed by atoms with Crippen LogP contribution in [0.5, 0.6) is 0 Å². The number of hydrogen-bond donors (Lipinski definition) is 1. The van der Waals surface area contributed by atoms with E-state index in [9.17, 15) is 9.90 Å². The van der Waals surface area contributed by atoms with Gasteiger partial charge in [-0.1, -0.05) is 11.8 Å². The number of rotatable bonds is 7. The van der Waals surface area contributed by atoms with Crippen molar-refractivity contribution in [2.75, 3.05) is 33.4 Å². The van der Waals surface area contributed by atoms with Crippen LogP contribution in [-0.4, -0.2) is 55.0 Å². The molecule has 2 heterocycles. The molecule has 1 aliphatic rings. The van der Waals surface area contributed by atoms with E-state index in [0.717, 1.165) is 30.8 Å². The number of aliphatic hydroxyl groups is 1. The van der Waals surface area contributed by atoms with Crippen LogP contribution < -0.4 is 0 Å². The fourth-order valence-corrected chi connectivity index (χ4v) is 4.29. The molecule has 0 unspecified atom stereocenters. The van der Waals surface area contributed by atoms with Crippen LogP contribution in [0.3, 0.4) is 0 Å². The molecule has 6 heteroatoms. The van der Waals surface area contributed by atoms with E-state index in [1.54, 1.807) is 32.3 Å². The van der Waals surface area contributed by atoms with Gasteiger partial charge in [0.25, 0.3) is 0 Å². The van der Waals surface area contributed by atoms with Crippen molar-refractivity contribution < 1.29 is 19.4 Å². The van der Waals surface area contributed by atoms with Gasteiger partial charge in [0.2, 0.25) is 0 Å². The fraction of sp³-hybridized carbons (Fsp3) is 0.667. The van der Waals surface area contributed by atoms with E-state index in [2.05, 4.69) is 22.8 Å². The Balaban J connectivity index is 2.07. The number of nitrogens with zero attached hydrogens (tertiary/aromatic N) is 1. The Morgan fingerprint density at radius 1 is 1.44 bits per heavy atom. The average Bonchev–Trinajstić information content (AvgIpc) is 3.05. The van der Waals surface area contributed by atoms with E-state index in [0.29, 0.717) is 26.2 Å². The van der Waals surface area contributed by atoms with Gasteiger partial charge in [-0.3, -0.25) is 9.69 Å². The van der Waals surface area contributed by atoms with E-state index in [1.807, 2.05) is 13.0 Å². The smallest absolute Gasteiger partial charge is 0.313 e. The predicted octanol–water partition coefficient (Wildman–Crippen LogP) is 3.05. The van der Waals surface area contributed by atoms with E-state index in [4.69, 9.17) is 9.47 Å². The first-order chi connectivity index (χ1) is 12.8. The lowest BCUT2D eigenvalue weighted by atomic mass is 9.77. The Morgan fingerprint density at radius 3 is 2.89 bits per heavy atom. The van der Waals surface area contributed by atoms with Crippen LogP contribution in [0.1, 0.15) is 49.8 Å². The highest BCUT2D eigenvalue weighted by molar-refractivity contribution is 7.12. The first-order valence-electron chi connectivity index (χ1n) is 9.51. The number of ether oxygens (including phenoxy) is 2. The molecule has 0 saturated carbocycles. The van der Waals surface area contributed by atoms with Crippen LogP contribution in [0.15, 0.2) is 12.1 Å². The second-order valence-corrected chi connectivity index (χ2v) is 8.80. The molecule has 1 aromatic heterocycles. The minimum atomic E-state index is -0.988. The summed E-state index contributed by atoms with van der Waals surface area (Å²) >= 11 is 1.64. The average molecular weight is 394 g/mol. The topological polar surface area (TPSA) is 59.0 Å². The van der Waals surface area contributed by atoms with Crippen LogP contribution in [0.4, 0.5) is 0 Å². The lowest BCUT2D eigenvalue weighted by molar-refractivity contribution is -0.160. The highest BCUT2D eigenvalue weighted by atomic mass is 32.1. The van der Waals surface area contributed by atoms with Crippen molar-refractivity contribution in [3.8, 4) is 11.8 Å². The van der Waals surface area contributed by atoms with Gasteiger partial charge in [0.1, 0.15) is 5.60 Å². The molecule has 0 amide bonds. The number of piperidine rings is 1. The maximum atomic E-state index is 12.7. The monoisotopic (exact) mass is 393 g/mol. The molecule has 1 saturated heterocycles. The third-order valence-corrected chi connectivity index (χ3v) is 5.67. The van der Waals surface area contributed by atoms with Gasteiger partial charge in [-0.25, -0.2) is 0 Å². The molecule has 1 N–H and O–H groups in total. The molecule has 1 fully saturated rings. The van der Waals surface area contributed by atoms with Crippen molar-refractivity contribution in [3.05, 3.63) is 21.9 Å². The summed E-state index contributed by atoms with van der Waals surface area (Å²) in [6, 6.07) is 4.07.